The van der Waals surface area contributed by atoms with E-state index in [2.05, 4.69) is 15.2 Å². The van der Waals surface area contributed by atoms with Gasteiger partial charge in [-0.15, -0.1) is 10.2 Å². The third-order valence-electron chi connectivity index (χ3n) is 4.94. The third-order valence-corrected chi connectivity index (χ3v) is 4.94. The largest absolute Gasteiger partial charge is 0.416 e. The predicted octanol–water partition coefficient (Wildman–Crippen LogP) is 3.52. The molecule has 4 rings (SSSR count). The van der Waals surface area contributed by atoms with Crippen LogP contribution in [0, 0.1) is 0 Å². The van der Waals surface area contributed by atoms with Crippen molar-refractivity contribution in [2.24, 2.45) is 0 Å². The molecule has 154 valence electrons. The van der Waals surface area contributed by atoms with Gasteiger partial charge in [0.1, 0.15) is 0 Å². The maximum absolute atomic E-state index is 12.9. The van der Waals surface area contributed by atoms with Crippen molar-refractivity contribution >= 4 is 11.7 Å². The first-order chi connectivity index (χ1) is 14.4. The van der Waals surface area contributed by atoms with Crippen LogP contribution < -0.4 is 4.90 Å². The number of alkyl halides is 3. The van der Waals surface area contributed by atoms with Crippen LogP contribution >= 0.6 is 0 Å². The van der Waals surface area contributed by atoms with Crippen LogP contribution in [0.3, 0.4) is 0 Å². The average molecular weight is 413 g/mol. The maximum atomic E-state index is 12.9. The lowest BCUT2D eigenvalue weighted by molar-refractivity contribution is -0.137. The van der Waals surface area contributed by atoms with Crippen molar-refractivity contribution in [3.05, 3.63) is 72.1 Å². The van der Waals surface area contributed by atoms with Crippen molar-refractivity contribution in [3.8, 4) is 11.3 Å². The summed E-state index contributed by atoms with van der Waals surface area (Å²) in [7, 11) is 0. The van der Waals surface area contributed by atoms with Gasteiger partial charge in [0.05, 0.1) is 11.3 Å². The van der Waals surface area contributed by atoms with E-state index >= 15 is 0 Å². The summed E-state index contributed by atoms with van der Waals surface area (Å²) in [5, 5.41) is 8.50. The number of anilines is 1. The zero-order chi connectivity index (χ0) is 21.1. The molecule has 0 N–H and O–H groups in total. The summed E-state index contributed by atoms with van der Waals surface area (Å²) in [6.07, 6.45) is -1.08. The Balaban J connectivity index is 1.40. The topological polar surface area (TPSA) is 62.2 Å². The summed E-state index contributed by atoms with van der Waals surface area (Å²) in [5.41, 5.74) is 0.799. The number of nitrogens with zero attached hydrogens (tertiary/aromatic N) is 5. The monoisotopic (exact) mass is 413 g/mol. The maximum Gasteiger partial charge on any atom is 0.416 e. The van der Waals surface area contributed by atoms with Crippen LogP contribution in [0.5, 0.6) is 0 Å². The van der Waals surface area contributed by atoms with Crippen molar-refractivity contribution in [2.45, 2.75) is 6.18 Å². The molecule has 0 unspecified atom stereocenters. The van der Waals surface area contributed by atoms with Crippen molar-refractivity contribution in [3.63, 3.8) is 0 Å². The first-order valence-corrected chi connectivity index (χ1v) is 9.37. The summed E-state index contributed by atoms with van der Waals surface area (Å²) in [6.45, 7) is 1.82. The van der Waals surface area contributed by atoms with Crippen LogP contribution in [-0.4, -0.2) is 52.2 Å². The van der Waals surface area contributed by atoms with Gasteiger partial charge in [-0.3, -0.25) is 9.78 Å². The van der Waals surface area contributed by atoms with Gasteiger partial charge < -0.3 is 9.80 Å². The first-order valence-electron chi connectivity index (χ1n) is 9.37. The van der Waals surface area contributed by atoms with Gasteiger partial charge in [0, 0.05) is 49.7 Å². The molecule has 0 radical (unpaired) electrons. The lowest BCUT2D eigenvalue weighted by Crippen LogP contribution is -2.49. The number of halogens is 3. The molecule has 0 atom stereocenters. The minimum atomic E-state index is -4.48. The lowest BCUT2D eigenvalue weighted by atomic mass is 10.1. The van der Waals surface area contributed by atoms with E-state index in [0.717, 1.165) is 17.7 Å². The molecule has 1 amide bonds. The summed E-state index contributed by atoms with van der Waals surface area (Å²) >= 11 is 0. The molecule has 9 heteroatoms. The van der Waals surface area contributed by atoms with Crippen molar-refractivity contribution in [1.82, 2.24) is 20.1 Å². The second-order valence-corrected chi connectivity index (χ2v) is 6.88. The second-order valence-electron chi connectivity index (χ2n) is 6.88. The Kier molecular flexibility index (Phi) is 5.35. The Morgan fingerprint density at radius 3 is 2.37 bits per heavy atom. The number of carbonyl (C=O) groups excluding carboxylic acids is 1. The normalized spacial score (nSPS) is 14.6. The van der Waals surface area contributed by atoms with Crippen molar-refractivity contribution in [1.29, 1.82) is 0 Å². The molecule has 0 spiro atoms. The number of rotatable bonds is 3. The standard InChI is InChI=1S/C21H18F3N5O/c22-21(23,24)17-5-1-3-15(13-17)20(30)29-11-9-28(10-12-29)19-7-6-18(26-27-19)16-4-2-8-25-14-16/h1-8,13-14H,9-12H2. The fourth-order valence-corrected chi connectivity index (χ4v) is 3.31. The number of carbonyl (C=O) groups is 1. The number of benzene rings is 1. The molecule has 3 aromatic rings. The fraction of sp³-hybridized carbons (Fsp3) is 0.238. The van der Waals surface area contributed by atoms with Crippen molar-refractivity contribution < 1.29 is 18.0 Å². The Bertz CT molecular complexity index is 1020. The molecule has 1 aromatic carbocycles. The van der Waals surface area contributed by atoms with Crippen LogP contribution in [0.2, 0.25) is 0 Å². The minimum absolute atomic E-state index is 0.0406. The van der Waals surface area contributed by atoms with Gasteiger partial charge >= 0.3 is 6.18 Å². The minimum Gasteiger partial charge on any atom is -0.352 e. The molecule has 1 aliphatic rings. The van der Waals surface area contributed by atoms with E-state index in [-0.39, 0.29) is 5.56 Å². The summed E-state index contributed by atoms with van der Waals surface area (Å²) < 4.78 is 38.7. The van der Waals surface area contributed by atoms with Crippen LogP contribution in [0.25, 0.3) is 11.3 Å². The van der Waals surface area contributed by atoms with Crippen LogP contribution in [-0.2, 0) is 6.18 Å². The van der Waals surface area contributed by atoms with Gasteiger partial charge in [0.25, 0.3) is 5.91 Å². The average Bonchev–Trinajstić information content (AvgIpc) is 2.79. The number of amides is 1. The van der Waals surface area contributed by atoms with Crippen LogP contribution in [0.4, 0.5) is 19.0 Å². The molecule has 1 fully saturated rings. The van der Waals surface area contributed by atoms with Crippen molar-refractivity contribution in [2.75, 3.05) is 31.1 Å². The molecule has 30 heavy (non-hydrogen) atoms. The Morgan fingerprint density at radius 2 is 1.73 bits per heavy atom. The fourth-order valence-electron chi connectivity index (χ4n) is 3.31. The highest BCUT2D eigenvalue weighted by Gasteiger charge is 2.31. The van der Waals surface area contributed by atoms with E-state index in [4.69, 9.17) is 0 Å². The number of aromatic nitrogens is 3. The summed E-state index contributed by atoms with van der Waals surface area (Å²) in [6, 6.07) is 12.0. The molecule has 0 saturated carbocycles. The molecule has 1 aliphatic heterocycles. The van der Waals surface area contributed by atoms with Gasteiger partial charge in [-0.05, 0) is 42.5 Å². The molecule has 0 aliphatic carbocycles. The van der Waals surface area contributed by atoms with E-state index in [0.29, 0.717) is 37.7 Å². The third kappa shape index (κ3) is 4.24. The Labute approximate surface area is 171 Å². The first kappa shape index (κ1) is 19.8. The van der Waals surface area contributed by atoms with Crippen LogP contribution in [0.15, 0.2) is 60.9 Å². The number of piperazine rings is 1. The van der Waals surface area contributed by atoms with E-state index < -0.39 is 17.6 Å². The smallest absolute Gasteiger partial charge is 0.352 e. The van der Waals surface area contributed by atoms with Gasteiger partial charge in [0.2, 0.25) is 0 Å². The molecular formula is C21H18F3N5O. The molecule has 6 nitrogen and oxygen atoms in total. The van der Waals surface area contributed by atoms with Gasteiger partial charge in [0.15, 0.2) is 5.82 Å². The molecular weight excluding hydrogens is 395 g/mol. The SMILES string of the molecule is O=C(c1cccc(C(F)(F)F)c1)N1CCN(c2ccc(-c3cccnc3)nn2)CC1. The Hall–Kier alpha value is -3.49. The predicted molar refractivity (Wildman–Crippen MR) is 105 cm³/mol. The number of hydrogen-bond donors (Lipinski definition) is 0. The number of hydrogen-bond acceptors (Lipinski definition) is 5. The van der Waals surface area contributed by atoms with E-state index in [9.17, 15) is 18.0 Å². The van der Waals surface area contributed by atoms with Gasteiger partial charge in [-0.25, -0.2) is 0 Å². The Morgan fingerprint density at radius 1 is 0.933 bits per heavy atom. The highest BCUT2D eigenvalue weighted by molar-refractivity contribution is 5.94. The van der Waals surface area contributed by atoms with E-state index in [1.54, 1.807) is 17.3 Å². The lowest BCUT2D eigenvalue weighted by Gasteiger charge is -2.35. The van der Waals surface area contributed by atoms with E-state index in [1.165, 1.54) is 12.1 Å². The van der Waals surface area contributed by atoms with E-state index in [1.807, 2.05) is 29.2 Å². The highest BCUT2D eigenvalue weighted by atomic mass is 19.4. The van der Waals surface area contributed by atoms with Crippen LogP contribution in [0.1, 0.15) is 15.9 Å². The zero-order valence-electron chi connectivity index (χ0n) is 15.9. The molecule has 0 bridgehead atoms. The van der Waals surface area contributed by atoms with Gasteiger partial charge in [-0.2, -0.15) is 13.2 Å². The summed E-state index contributed by atoms with van der Waals surface area (Å²) in [5.74, 6) is 0.285. The van der Waals surface area contributed by atoms with Gasteiger partial charge in [-0.1, -0.05) is 6.07 Å². The molecule has 3 heterocycles. The molecule has 2 aromatic heterocycles. The quantitative estimate of drug-likeness (QED) is 0.658. The zero-order valence-corrected chi connectivity index (χ0v) is 15.9. The highest BCUT2D eigenvalue weighted by Crippen LogP contribution is 2.30. The number of pyridine rings is 1. The second kappa shape index (κ2) is 8.10. The summed E-state index contributed by atoms with van der Waals surface area (Å²) in [4.78, 5) is 20.2. The molecule has 1 saturated heterocycles.